The second-order valence-corrected chi connectivity index (χ2v) is 6.67. The van der Waals surface area contributed by atoms with Crippen LogP contribution in [0.4, 0.5) is 14.5 Å². The highest BCUT2D eigenvalue weighted by Crippen LogP contribution is 2.36. The van der Waals surface area contributed by atoms with Crippen LogP contribution in [0.1, 0.15) is 18.8 Å². The maximum atomic E-state index is 12.7. The molecule has 2 aromatic rings. The van der Waals surface area contributed by atoms with Crippen molar-refractivity contribution in [2.75, 3.05) is 11.9 Å². The number of benzene rings is 1. The first-order valence-electron chi connectivity index (χ1n) is 7.67. The van der Waals surface area contributed by atoms with Gasteiger partial charge >= 0.3 is 6.55 Å². The predicted octanol–water partition coefficient (Wildman–Crippen LogP) is 2.44. The molecule has 0 radical (unpaired) electrons. The normalized spacial score (nSPS) is 16.4. The molecule has 0 saturated carbocycles. The molecule has 1 atom stereocenters. The predicted molar refractivity (Wildman–Crippen MR) is 89.5 cm³/mol. The lowest BCUT2D eigenvalue weighted by atomic mass is 10.2. The number of alkyl halides is 2. The van der Waals surface area contributed by atoms with Crippen molar-refractivity contribution in [3.05, 3.63) is 42.5 Å². The van der Waals surface area contributed by atoms with Crippen LogP contribution in [-0.2, 0) is 16.0 Å². The topological polar surface area (TPSA) is 76.0 Å². The van der Waals surface area contributed by atoms with Crippen molar-refractivity contribution < 1.29 is 18.4 Å². The molecule has 0 aliphatic carbocycles. The lowest BCUT2D eigenvalue weighted by Crippen LogP contribution is -2.35. The molecule has 25 heavy (non-hydrogen) atoms. The Bertz CT molecular complexity index is 781. The number of rotatable bonds is 6. The number of nitrogens with one attached hydrogen (secondary N) is 2. The molecule has 1 aromatic heterocycles. The minimum absolute atomic E-state index is 0.0219. The number of anilines is 1. The number of para-hydroxylation sites is 1. The van der Waals surface area contributed by atoms with Gasteiger partial charge in [0.2, 0.25) is 11.8 Å². The molecule has 1 aliphatic heterocycles. The van der Waals surface area contributed by atoms with E-state index in [0.717, 1.165) is 15.1 Å². The maximum Gasteiger partial charge on any atom is 0.319 e. The molecule has 0 spiro atoms. The molecule has 2 heterocycles. The fourth-order valence-electron chi connectivity index (χ4n) is 2.50. The zero-order valence-electron chi connectivity index (χ0n) is 13.1. The first kappa shape index (κ1) is 17.4. The van der Waals surface area contributed by atoms with Crippen LogP contribution in [0.5, 0.6) is 0 Å². The standard InChI is InChI=1S/C16H16F2N4O2S/c17-16(18)22-8-7-19-13(22)5-6-20-14(23)9-12-15(24)21-10-3-1-2-4-11(10)25-12/h1-4,7-8,12,16H,5-6,9H2,(H,20,23)(H,21,24). The third kappa shape index (κ3) is 4.16. The number of carbonyl (C=O) groups excluding carboxylic acids is 2. The summed E-state index contributed by atoms with van der Waals surface area (Å²) >= 11 is 1.34. The van der Waals surface area contributed by atoms with Gasteiger partial charge in [-0.15, -0.1) is 11.8 Å². The minimum Gasteiger partial charge on any atom is -0.356 e. The van der Waals surface area contributed by atoms with Crippen LogP contribution in [0.3, 0.4) is 0 Å². The Morgan fingerprint density at radius 3 is 3.00 bits per heavy atom. The van der Waals surface area contributed by atoms with Gasteiger partial charge in [-0.2, -0.15) is 8.78 Å². The van der Waals surface area contributed by atoms with E-state index in [-0.39, 0.29) is 37.0 Å². The van der Waals surface area contributed by atoms with Gasteiger partial charge in [0.05, 0.1) is 10.9 Å². The first-order valence-corrected chi connectivity index (χ1v) is 8.55. The number of nitrogens with zero attached hydrogens (tertiary/aromatic N) is 2. The Balaban J connectivity index is 1.50. The highest BCUT2D eigenvalue weighted by atomic mass is 32.2. The molecule has 1 aromatic carbocycles. The van der Waals surface area contributed by atoms with Crippen molar-refractivity contribution in [2.24, 2.45) is 0 Å². The van der Waals surface area contributed by atoms with Gasteiger partial charge in [0, 0.05) is 36.7 Å². The van der Waals surface area contributed by atoms with E-state index in [0.29, 0.717) is 0 Å². The van der Waals surface area contributed by atoms with E-state index in [9.17, 15) is 18.4 Å². The van der Waals surface area contributed by atoms with Crippen LogP contribution < -0.4 is 10.6 Å². The van der Waals surface area contributed by atoms with E-state index in [1.165, 1.54) is 24.2 Å². The van der Waals surface area contributed by atoms with Gasteiger partial charge in [0.1, 0.15) is 5.82 Å². The number of hydrogen-bond donors (Lipinski definition) is 2. The number of imidazole rings is 1. The van der Waals surface area contributed by atoms with Crippen molar-refractivity contribution in [1.29, 1.82) is 0 Å². The molecule has 0 fully saturated rings. The second kappa shape index (κ2) is 7.64. The second-order valence-electron chi connectivity index (χ2n) is 5.42. The third-order valence-corrected chi connectivity index (χ3v) is 4.98. The Morgan fingerprint density at radius 1 is 1.40 bits per heavy atom. The molecular formula is C16H16F2N4O2S. The average Bonchev–Trinajstić information content (AvgIpc) is 3.04. The van der Waals surface area contributed by atoms with E-state index in [2.05, 4.69) is 15.6 Å². The van der Waals surface area contributed by atoms with Gasteiger partial charge in [-0.05, 0) is 12.1 Å². The molecule has 9 heteroatoms. The Kier molecular flexibility index (Phi) is 5.32. The summed E-state index contributed by atoms with van der Waals surface area (Å²) in [6, 6.07) is 7.39. The number of halogens is 2. The van der Waals surface area contributed by atoms with Crippen LogP contribution in [0.15, 0.2) is 41.6 Å². The molecule has 132 valence electrons. The van der Waals surface area contributed by atoms with E-state index in [1.54, 1.807) is 0 Å². The van der Waals surface area contributed by atoms with Crippen LogP contribution in [0.2, 0.25) is 0 Å². The number of hydrogen-bond acceptors (Lipinski definition) is 4. The van der Waals surface area contributed by atoms with E-state index in [4.69, 9.17) is 0 Å². The molecule has 2 amide bonds. The number of thioether (sulfide) groups is 1. The summed E-state index contributed by atoms with van der Waals surface area (Å²) in [5, 5.41) is 4.91. The molecule has 1 unspecified atom stereocenters. The molecule has 0 bridgehead atoms. The summed E-state index contributed by atoms with van der Waals surface area (Å²) in [6.45, 7) is -2.48. The zero-order chi connectivity index (χ0) is 17.8. The van der Waals surface area contributed by atoms with Crippen LogP contribution in [-0.4, -0.2) is 33.2 Å². The molecule has 3 rings (SSSR count). The van der Waals surface area contributed by atoms with Crippen LogP contribution >= 0.6 is 11.8 Å². The van der Waals surface area contributed by atoms with Crippen molar-refractivity contribution in [3.63, 3.8) is 0 Å². The van der Waals surface area contributed by atoms with Gasteiger partial charge in [-0.1, -0.05) is 12.1 Å². The number of aromatic nitrogens is 2. The van der Waals surface area contributed by atoms with Crippen molar-refractivity contribution in [1.82, 2.24) is 14.9 Å². The Morgan fingerprint density at radius 2 is 2.20 bits per heavy atom. The lowest BCUT2D eigenvalue weighted by Gasteiger charge is -2.23. The molecule has 0 saturated heterocycles. The first-order chi connectivity index (χ1) is 12.0. The van der Waals surface area contributed by atoms with Gasteiger partial charge < -0.3 is 10.6 Å². The van der Waals surface area contributed by atoms with E-state index >= 15 is 0 Å². The molecule has 1 aliphatic rings. The van der Waals surface area contributed by atoms with Crippen molar-refractivity contribution >= 4 is 29.3 Å². The summed E-state index contributed by atoms with van der Waals surface area (Å²) in [5.41, 5.74) is 0.744. The zero-order valence-corrected chi connectivity index (χ0v) is 13.9. The Labute approximate surface area is 147 Å². The summed E-state index contributed by atoms with van der Waals surface area (Å²) in [6.07, 6.45) is 2.70. The van der Waals surface area contributed by atoms with Gasteiger partial charge in [-0.25, -0.2) is 4.98 Å². The number of amides is 2. The lowest BCUT2D eigenvalue weighted by molar-refractivity contribution is -0.124. The smallest absolute Gasteiger partial charge is 0.319 e. The van der Waals surface area contributed by atoms with Crippen molar-refractivity contribution in [2.45, 2.75) is 29.5 Å². The van der Waals surface area contributed by atoms with Gasteiger partial charge in [0.15, 0.2) is 0 Å². The fraction of sp³-hybridized carbons (Fsp3) is 0.312. The fourth-order valence-corrected chi connectivity index (χ4v) is 3.61. The summed E-state index contributed by atoms with van der Waals surface area (Å²) < 4.78 is 26.2. The summed E-state index contributed by atoms with van der Waals surface area (Å²) in [4.78, 5) is 28.9. The SMILES string of the molecule is O=C(CC1Sc2ccccc2NC1=O)NCCc1nccn1C(F)F. The largest absolute Gasteiger partial charge is 0.356 e. The summed E-state index contributed by atoms with van der Waals surface area (Å²) in [7, 11) is 0. The number of carbonyl (C=O) groups is 2. The highest BCUT2D eigenvalue weighted by molar-refractivity contribution is 8.01. The Hall–Kier alpha value is -2.42. The monoisotopic (exact) mass is 366 g/mol. The van der Waals surface area contributed by atoms with Gasteiger partial charge in [0.25, 0.3) is 0 Å². The third-order valence-electron chi connectivity index (χ3n) is 3.71. The minimum atomic E-state index is -2.66. The molecule has 2 N–H and O–H groups in total. The number of fused-ring (bicyclic) bond motifs is 1. The quantitative estimate of drug-likeness (QED) is 0.823. The van der Waals surface area contributed by atoms with E-state index in [1.807, 2.05) is 24.3 Å². The van der Waals surface area contributed by atoms with E-state index < -0.39 is 11.8 Å². The maximum absolute atomic E-state index is 12.7. The highest BCUT2D eigenvalue weighted by Gasteiger charge is 2.28. The summed E-state index contributed by atoms with van der Waals surface area (Å²) in [5.74, 6) is -0.316. The van der Waals surface area contributed by atoms with Crippen LogP contribution in [0.25, 0.3) is 0 Å². The van der Waals surface area contributed by atoms with Crippen molar-refractivity contribution in [3.8, 4) is 0 Å². The van der Waals surface area contributed by atoms with Crippen LogP contribution in [0, 0.1) is 0 Å². The molecular weight excluding hydrogens is 350 g/mol. The average molecular weight is 366 g/mol. The molecule has 6 nitrogen and oxygen atoms in total. The van der Waals surface area contributed by atoms with Gasteiger partial charge in [-0.3, -0.25) is 14.2 Å².